The molecule has 3 aliphatic rings. The van der Waals surface area contributed by atoms with E-state index in [1.165, 1.54) is 13.8 Å². The third kappa shape index (κ3) is 3.10. The first-order chi connectivity index (χ1) is 14.6. The first-order valence-corrected chi connectivity index (χ1v) is 10.9. The topological polar surface area (TPSA) is 130 Å². The molecule has 8 heteroatoms. The molecule has 0 aromatic heterocycles. The van der Waals surface area contributed by atoms with Crippen LogP contribution in [0, 0.1) is 23.2 Å². The molecule has 0 saturated heterocycles. The maximum absolute atomic E-state index is 13.0. The van der Waals surface area contributed by atoms with Crippen LogP contribution in [0.3, 0.4) is 0 Å². The Hall–Kier alpha value is -2.03. The number of hydrogen-bond acceptors (Lipinski definition) is 8. The number of aliphatic hydroxyl groups is 3. The highest BCUT2D eigenvalue weighted by atomic mass is 16.6. The monoisotopic (exact) mass is 450 g/mol. The van der Waals surface area contributed by atoms with Gasteiger partial charge in [0.1, 0.15) is 11.7 Å². The molecular formula is C24H34O8. The van der Waals surface area contributed by atoms with Gasteiger partial charge in [0.2, 0.25) is 0 Å². The molecule has 178 valence electrons. The Morgan fingerprint density at radius 3 is 2.19 bits per heavy atom. The summed E-state index contributed by atoms with van der Waals surface area (Å²) in [4.78, 5) is 37.2. The Kier molecular flexibility index (Phi) is 5.77. The van der Waals surface area contributed by atoms with Crippen molar-refractivity contribution in [3.05, 3.63) is 23.3 Å². The van der Waals surface area contributed by atoms with E-state index in [0.29, 0.717) is 11.1 Å². The first-order valence-electron chi connectivity index (χ1n) is 10.9. The third-order valence-electron chi connectivity index (χ3n) is 8.21. The van der Waals surface area contributed by atoms with E-state index in [4.69, 9.17) is 9.47 Å². The maximum Gasteiger partial charge on any atom is 0.303 e. The van der Waals surface area contributed by atoms with Crippen molar-refractivity contribution < 1.29 is 39.2 Å². The summed E-state index contributed by atoms with van der Waals surface area (Å²) in [5.74, 6) is -4.28. The summed E-state index contributed by atoms with van der Waals surface area (Å²) >= 11 is 0. The van der Waals surface area contributed by atoms with Crippen molar-refractivity contribution in [3.8, 4) is 0 Å². The number of ketones is 1. The van der Waals surface area contributed by atoms with E-state index in [1.54, 1.807) is 46.8 Å². The number of aliphatic hydroxyl groups excluding tert-OH is 1. The van der Waals surface area contributed by atoms with E-state index in [2.05, 4.69) is 0 Å². The second-order valence-electron chi connectivity index (χ2n) is 10.3. The summed E-state index contributed by atoms with van der Waals surface area (Å²) in [6, 6.07) is 0. The predicted molar refractivity (Wildman–Crippen MR) is 114 cm³/mol. The van der Waals surface area contributed by atoms with Crippen molar-refractivity contribution >= 4 is 17.7 Å². The number of carbonyl (C=O) groups is 3. The molecule has 0 bridgehead atoms. The Morgan fingerprint density at radius 2 is 1.69 bits per heavy atom. The highest BCUT2D eigenvalue weighted by Gasteiger charge is 2.73. The first kappa shape index (κ1) is 24.6. The fourth-order valence-electron chi connectivity index (χ4n) is 6.36. The van der Waals surface area contributed by atoms with Crippen LogP contribution >= 0.6 is 0 Å². The van der Waals surface area contributed by atoms with E-state index in [0.717, 1.165) is 0 Å². The van der Waals surface area contributed by atoms with Gasteiger partial charge in [0, 0.05) is 43.4 Å². The van der Waals surface area contributed by atoms with Gasteiger partial charge in [0.05, 0.1) is 12.2 Å². The number of hydrogen-bond donors (Lipinski definition) is 3. The SMILES string of the molecule is CC(=O)O[C@@H]1[C@@H](C)[C@]2(O)C3C=C(C)C(=O)[C@@]3(O)CC(CO)=C[C@H]2C(C)(C)[C@]1(C)OC(C)=O. The van der Waals surface area contributed by atoms with E-state index in [-0.39, 0.29) is 6.42 Å². The molecule has 3 rings (SSSR count). The highest BCUT2D eigenvalue weighted by molar-refractivity contribution is 6.04. The Bertz CT molecular complexity index is 917. The average Bonchev–Trinajstić information content (AvgIpc) is 2.84. The van der Waals surface area contributed by atoms with Crippen LogP contribution in [-0.2, 0) is 23.9 Å². The summed E-state index contributed by atoms with van der Waals surface area (Å²) in [6.45, 7) is 10.6. The zero-order valence-corrected chi connectivity index (χ0v) is 19.8. The molecule has 0 aliphatic heterocycles. The van der Waals surface area contributed by atoms with Crippen LogP contribution in [0.1, 0.15) is 54.9 Å². The van der Waals surface area contributed by atoms with Crippen LogP contribution < -0.4 is 0 Å². The molecule has 3 aliphatic carbocycles. The van der Waals surface area contributed by atoms with Gasteiger partial charge in [-0.25, -0.2) is 0 Å². The fraction of sp³-hybridized carbons (Fsp3) is 0.708. The molecule has 32 heavy (non-hydrogen) atoms. The molecule has 8 nitrogen and oxygen atoms in total. The highest BCUT2D eigenvalue weighted by Crippen LogP contribution is 2.63. The molecule has 0 aromatic rings. The Labute approximate surface area is 188 Å². The molecule has 0 amide bonds. The van der Waals surface area contributed by atoms with Crippen LogP contribution in [0.5, 0.6) is 0 Å². The van der Waals surface area contributed by atoms with Gasteiger partial charge >= 0.3 is 11.9 Å². The van der Waals surface area contributed by atoms with Gasteiger partial charge in [0.25, 0.3) is 0 Å². The molecule has 0 radical (unpaired) electrons. The molecule has 0 spiro atoms. The lowest BCUT2D eigenvalue weighted by Gasteiger charge is -2.63. The van der Waals surface area contributed by atoms with Gasteiger partial charge in [-0.2, -0.15) is 0 Å². The lowest BCUT2D eigenvalue weighted by molar-refractivity contribution is -0.289. The second kappa shape index (κ2) is 7.50. The molecular weight excluding hydrogens is 416 g/mol. The van der Waals surface area contributed by atoms with Crippen molar-refractivity contribution in [2.24, 2.45) is 23.2 Å². The van der Waals surface area contributed by atoms with Crippen LogP contribution in [0.4, 0.5) is 0 Å². The predicted octanol–water partition coefficient (Wildman–Crippen LogP) is 1.46. The summed E-state index contributed by atoms with van der Waals surface area (Å²) in [5, 5.41) is 34.0. The van der Waals surface area contributed by atoms with Crippen molar-refractivity contribution in [1.82, 2.24) is 0 Å². The summed E-state index contributed by atoms with van der Waals surface area (Å²) < 4.78 is 11.5. The largest absolute Gasteiger partial charge is 0.458 e. The van der Waals surface area contributed by atoms with Crippen LogP contribution in [0.2, 0.25) is 0 Å². The van der Waals surface area contributed by atoms with Crippen LogP contribution in [0.15, 0.2) is 23.3 Å². The zero-order chi connectivity index (χ0) is 24.4. The van der Waals surface area contributed by atoms with Gasteiger partial charge < -0.3 is 24.8 Å². The summed E-state index contributed by atoms with van der Waals surface area (Å²) in [5.41, 5.74) is -5.33. The molecule has 1 fully saturated rings. The summed E-state index contributed by atoms with van der Waals surface area (Å²) in [6.07, 6.45) is 2.08. The number of carbonyl (C=O) groups excluding carboxylic acids is 3. The fourth-order valence-corrected chi connectivity index (χ4v) is 6.36. The molecule has 1 unspecified atom stereocenters. The van der Waals surface area contributed by atoms with Crippen molar-refractivity contribution in [2.75, 3.05) is 6.61 Å². The summed E-state index contributed by atoms with van der Waals surface area (Å²) in [7, 11) is 0. The van der Waals surface area contributed by atoms with E-state index >= 15 is 0 Å². The van der Waals surface area contributed by atoms with Gasteiger partial charge in [-0.3, -0.25) is 14.4 Å². The molecule has 7 atom stereocenters. The van der Waals surface area contributed by atoms with E-state index < -0.39 is 70.4 Å². The normalized spacial score (nSPS) is 42.8. The van der Waals surface area contributed by atoms with Crippen molar-refractivity contribution in [2.45, 2.75) is 77.8 Å². The average molecular weight is 451 g/mol. The van der Waals surface area contributed by atoms with Crippen molar-refractivity contribution in [3.63, 3.8) is 0 Å². The number of Topliss-reactive ketones (excluding diaryl/α,β-unsaturated/α-hetero) is 1. The molecule has 1 saturated carbocycles. The molecule has 0 aromatic carbocycles. The van der Waals surface area contributed by atoms with Crippen LogP contribution in [0.25, 0.3) is 0 Å². The van der Waals surface area contributed by atoms with Gasteiger partial charge in [0.15, 0.2) is 11.4 Å². The second-order valence-corrected chi connectivity index (χ2v) is 10.3. The number of fused-ring (bicyclic) bond motifs is 3. The number of rotatable bonds is 3. The minimum atomic E-state index is -1.94. The smallest absolute Gasteiger partial charge is 0.303 e. The lowest BCUT2D eigenvalue weighted by Crippen LogP contribution is -2.75. The zero-order valence-electron chi connectivity index (χ0n) is 19.8. The van der Waals surface area contributed by atoms with E-state index in [9.17, 15) is 29.7 Å². The minimum Gasteiger partial charge on any atom is -0.458 e. The van der Waals surface area contributed by atoms with Crippen molar-refractivity contribution in [1.29, 1.82) is 0 Å². The maximum atomic E-state index is 13.0. The van der Waals surface area contributed by atoms with E-state index in [1.807, 2.05) is 0 Å². The Balaban J connectivity index is 2.34. The lowest BCUT2D eigenvalue weighted by atomic mass is 9.47. The Morgan fingerprint density at radius 1 is 1.09 bits per heavy atom. The molecule has 0 heterocycles. The number of esters is 2. The van der Waals surface area contributed by atoms with Gasteiger partial charge in [-0.05, 0) is 25.0 Å². The van der Waals surface area contributed by atoms with Crippen LogP contribution in [-0.4, -0.2) is 62.6 Å². The standard InChI is InChI=1S/C24H34O8/c1-12-8-18-23(29,19(12)28)10-16(11-25)9-17-21(5,6)22(7,32-15(4)27)20(31-14(3)26)13(2)24(17,18)30/h8-9,13,17-18,20,25,29-30H,10-11H2,1-7H3/t13-,17+,18?,20-,22-,23-,24-/m1/s1. The molecule has 3 N–H and O–H groups in total. The van der Waals surface area contributed by atoms with Gasteiger partial charge in [-0.15, -0.1) is 0 Å². The van der Waals surface area contributed by atoms with Gasteiger partial charge in [-0.1, -0.05) is 32.9 Å². The third-order valence-corrected chi connectivity index (χ3v) is 8.21. The number of ether oxygens (including phenoxy) is 2. The quantitative estimate of drug-likeness (QED) is 0.435. The minimum absolute atomic E-state index is 0.134.